The van der Waals surface area contributed by atoms with Crippen molar-refractivity contribution in [1.82, 2.24) is 5.32 Å². The van der Waals surface area contributed by atoms with Gasteiger partial charge in [-0.1, -0.05) is 12.1 Å². The SMILES string of the molecule is CCN1CCc2cc(C3CNCCO3)ccc21. The van der Waals surface area contributed by atoms with Crippen molar-refractivity contribution in [3.63, 3.8) is 0 Å². The van der Waals surface area contributed by atoms with E-state index in [-0.39, 0.29) is 6.10 Å². The fourth-order valence-corrected chi connectivity index (χ4v) is 2.80. The van der Waals surface area contributed by atoms with Gasteiger partial charge in [-0.3, -0.25) is 0 Å². The Morgan fingerprint density at radius 3 is 3.18 bits per heavy atom. The lowest BCUT2D eigenvalue weighted by molar-refractivity contribution is 0.0277. The van der Waals surface area contributed by atoms with E-state index in [0.29, 0.717) is 0 Å². The van der Waals surface area contributed by atoms with Crippen LogP contribution in [0.2, 0.25) is 0 Å². The van der Waals surface area contributed by atoms with Crippen molar-refractivity contribution in [3.05, 3.63) is 29.3 Å². The largest absolute Gasteiger partial charge is 0.371 e. The maximum Gasteiger partial charge on any atom is 0.0949 e. The Kier molecular flexibility index (Phi) is 3.04. The van der Waals surface area contributed by atoms with Crippen LogP contribution in [0.4, 0.5) is 5.69 Å². The van der Waals surface area contributed by atoms with E-state index < -0.39 is 0 Å². The molecule has 0 aliphatic carbocycles. The van der Waals surface area contributed by atoms with Gasteiger partial charge >= 0.3 is 0 Å². The van der Waals surface area contributed by atoms with Gasteiger partial charge < -0.3 is 15.0 Å². The molecule has 1 aromatic carbocycles. The van der Waals surface area contributed by atoms with Crippen molar-refractivity contribution in [2.24, 2.45) is 0 Å². The number of ether oxygens (including phenoxy) is 1. The normalized spacial score (nSPS) is 23.8. The zero-order valence-corrected chi connectivity index (χ0v) is 10.4. The molecule has 2 aliphatic heterocycles. The van der Waals surface area contributed by atoms with Crippen LogP contribution in [-0.2, 0) is 11.2 Å². The molecule has 0 amide bonds. The lowest BCUT2D eigenvalue weighted by Crippen LogP contribution is -2.33. The highest BCUT2D eigenvalue weighted by Crippen LogP contribution is 2.31. The number of fused-ring (bicyclic) bond motifs is 1. The number of anilines is 1. The molecule has 2 aliphatic rings. The summed E-state index contributed by atoms with van der Waals surface area (Å²) in [5.41, 5.74) is 4.23. The second kappa shape index (κ2) is 4.67. The van der Waals surface area contributed by atoms with Gasteiger partial charge in [-0.25, -0.2) is 0 Å². The standard InChI is InChI=1S/C14H20N2O/c1-2-16-7-5-11-9-12(3-4-13(11)16)14-10-15-6-8-17-14/h3-4,9,14-15H,2,5-8,10H2,1H3. The lowest BCUT2D eigenvalue weighted by Gasteiger charge is -2.24. The fourth-order valence-electron chi connectivity index (χ4n) is 2.80. The van der Waals surface area contributed by atoms with Crippen LogP contribution in [0, 0.1) is 0 Å². The van der Waals surface area contributed by atoms with Crippen molar-refractivity contribution in [1.29, 1.82) is 0 Å². The van der Waals surface area contributed by atoms with Crippen LogP contribution in [0.15, 0.2) is 18.2 Å². The number of nitrogens with zero attached hydrogens (tertiary/aromatic N) is 1. The highest BCUT2D eigenvalue weighted by Gasteiger charge is 2.21. The Labute approximate surface area is 103 Å². The molecule has 3 rings (SSSR count). The van der Waals surface area contributed by atoms with Gasteiger partial charge in [0.25, 0.3) is 0 Å². The van der Waals surface area contributed by atoms with Crippen molar-refractivity contribution < 1.29 is 4.74 Å². The van der Waals surface area contributed by atoms with Crippen LogP contribution >= 0.6 is 0 Å². The molecular weight excluding hydrogens is 212 g/mol. The van der Waals surface area contributed by atoms with Gasteiger partial charge in [0, 0.05) is 31.9 Å². The summed E-state index contributed by atoms with van der Waals surface area (Å²) in [6.45, 7) is 7.23. The highest BCUT2D eigenvalue weighted by molar-refractivity contribution is 5.59. The van der Waals surface area contributed by atoms with Gasteiger partial charge in [-0.15, -0.1) is 0 Å². The summed E-state index contributed by atoms with van der Waals surface area (Å²) >= 11 is 0. The zero-order chi connectivity index (χ0) is 11.7. The Morgan fingerprint density at radius 1 is 1.47 bits per heavy atom. The molecule has 92 valence electrons. The van der Waals surface area contributed by atoms with E-state index in [9.17, 15) is 0 Å². The molecular formula is C14H20N2O. The summed E-state index contributed by atoms with van der Waals surface area (Å²) in [5, 5.41) is 3.39. The molecule has 0 spiro atoms. The van der Waals surface area contributed by atoms with E-state index in [1.165, 1.54) is 29.8 Å². The minimum atomic E-state index is 0.240. The summed E-state index contributed by atoms with van der Waals surface area (Å²) in [4.78, 5) is 2.44. The monoisotopic (exact) mass is 232 g/mol. The first kappa shape index (κ1) is 11.1. The first-order valence-corrected chi connectivity index (χ1v) is 6.58. The van der Waals surface area contributed by atoms with Gasteiger partial charge in [-0.2, -0.15) is 0 Å². The minimum Gasteiger partial charge on any atom is -0.371 e. The van der Waals surface area contributed by atoms with Gasteiger partial charge in [0.2, 0.25) is 0 Å². The van der Waals surface area contributed by atoms with Crippen LogP contribution in [0.5, 0.6) is 0 Å². The number of hydrogen-bond acceptors (Lipinski definition) is 3. The third-order valence-electron chi connectivity index (χ3n) is 3.78. The van der Waals surface area contributed by atoms with Gasteiger partial charge in [0.1, 0.15) is 0 Å². The summed E-state index contributed by atoms with van der Waals surface area (Å²) in [5.74, 6) is 0. The fraction of sp³-hybridized carbons (Fsp3) is 0.571. The van der Waals surface area contributed by atoms with E-state index >= 15 is 0 Å². The number of hydrogen-bond donors (Lipinski definition) is 1. The van der Waals surface area contributed by atoms with Crippen molar-refractivity contribution in [2.75, 3.05) is 37.7 Å². The lowest BCUT2D eigenvalue weighted by atomic mass is 10.0. The topological polar surface area (TPSA) is 24.5 Å². The molecule has 0 bridgehead atoms. The number of rotatable bonds is 2. The first-order valence-electron chi connectivity index (χ1n) is 6.58. The van der Waals surface area contributed by atoms with Crippen LogP contribution in [-0.4, -0.2) is 32.8 Å². The summed E-state index contributed by atoms with van der Waals surface area (Å²) in [6, 6.07) is 6.83. The molecule has 1 N–H and O–H groups in total. The van der Waals surface area contributed by atoms with E-state index in [4.69, 9.17) is 4.74 Å². The number of nitrogens with one attached hydrogen (secondary N) is 1. The summed E-state index contributed by atoms with van der Waals surface area (Å²) in [6.07, 6.45) is 1.42. The van der Waals surface area contributed by atoms with Crippen molar-refractivity contribution in [3.8, 4) is 0 Å². The minimum absolute atomic E-state index is 0.240. The maximum absolute atomic E-state index is 5.80. The Morgan fingerprint density at radius 2 is 2.41 bits per heavy atom. The second-order valence-corrected chi connectivity index (χ2v) is 4.78. The molecule has 1 aromatic rings. The predicted octanol–water partition coefficient (Wildman–Crippen LogP) is 1.73. The van der Waals surface area contributed by atoms with Crippen LogP contribution in [0.1, 0.15) is 24.2 Å². The summed E-state index contributed by atoms with van der Waals surface area (Å²) < 4.78 is 5.80. The van der Waals surface area contributed by atoms with E-state index in [1.54, 1.807) is 0 Å². The number of benzene rings is 1. The van der Waals surface area contributed by atoms with Crippen molar-refractivity contribution >= 4 is 5.69 Å². The zero-order valence-electron chi connectivity index (χ0n) is 10.4. The molecule has 3 nitrogen and oxygen atoms in total. The molecule has 2 heterocycles. The summed E-state index contributed by atoms with van der Waals surface area (Å²) in [7, 11) is 0. The Bertz CT molecular complexity index is 399. The first-order chi connectivity index (χ1) is 8.38. The second-order valence-electron chi connectivity index (χ2n) is 4.78. The Hall–Kier alpha value is -1.06. The van der Waals surface area contributed by atoms with Crippen LogP contribution in [0.3, 0.4) is 0 Å². The molecule has 1 saturated heterocycles. The third kappa shape index (κ3) is 2.05. The average molecular weight is 232 g/mol. The van der Waals surface area contributed by atoms with Gasteiger partial charge in [0.05, 0.1) is 12.7 Å². The molecule has 17 heavy (non-hydrogen) atoms. The highest BCUT2D eigenvalue weighted by atomic mass is 16.5. The molecule has 1 atom stereocenters. The van der Waals surface area contributed by atoms with Crippen molar-refractivity contribution in [2.45, 2.75) is 19.4 Å². The molecule has 0 radical (unpaired) electrons. The molecule has 1 fully saturated rings. The van der Waals surface area contributed by atoms with E-state index in [2.05, 4.69) is 35.3 Å². The number of morpholine rings is 1. The smallest absolute Gasteiger partial charge is 0.0949 e. The number of likely N-dealkylation sites (N-methyl/N-ethyl adjacent to an activating group) is 1. The van der Waals surface area contributed by atoms with Crippen LogP contribution in [0.25, 0.3) is 0 Å². The molecule has 1 unspecified atom stereocenters. The van der Waals surface area contributed by atoms with Gasteiger partial charge in [0.15, 0.2) is 0 Å². The van der Waals surface area contributed by atoms with E-state index in [1.807, 2.05) is 0 Å². The maximum atomic E-state index is 5.80. The quantitative estimate of drug-likeness (QED) is 0.840. The average Bonchev–Trinajstić information content (AvgIpc) is 2.81. The Balaban J connectivity index is 1.84. The molecule has 0 saturated carbocycles. The van der Waals surface area contributed by atoms with E-state index in [0.717, 1.165) is 26.2 Å². The molecule has 0 aromatic heterocycles. The third-order valence-corrected chi connectivity index (χ3v) is 3.78. The van der Waals surface area contributed by atoms with Crippen LogP contribution < -0.4 is 10.2 Å². The predicted molar refractivity (Wildman–Crippen MR) is 69.6 cm³/mol. The molecule has 3 heteroatoms. The van der Waals surface area contributed by atoms with Gasteiger partial charge in [-0.05, 0) is 30.5 Å².